The Morgan fingerprint density at radius 2 is 1.90 bits per heavy atom. The van der Waals surface area contributed by atoms with Crippen molar-refractivity contribution in [3.05, 3.63) is 0 Å². The second-order valence-corrected chi connectivity index (χ2v) is 2.49. The second-order valence-electron chi connectivity index (χ2n) is 2.49. The molecule has 0 heterocycles. The van der Waals surface area contributed by atoms with E-state index in [0.29, 0.717) is 6.42 Å². The zero-order valence-electron chi connectivity index (χ0n) is 6.32. The van der Waals surface area contributed by atoms with Gasteiger partial charge >= 0.3 is 0 Å². The third-order valence-corrected chi connectivity index (χ3v) is 1.46. The van der Waals surface area contributed by atoms with Gasteiger partial charge in [-0.1, -0.05) is 26.2 Å². The Kier molecular flexibility index (Phi) is 5.49. The Hall–Kier alpha value is -0.180. The van der Waals surface area contributed by atoms with Crippen LogP contribution in [-0.2, 0) is 0 Å². The maximum absolute atomic E-state index is 11.7. The van der Waals surface area contributed by atoms with Crippen molar-refractivity contribution in [1.82, 2.24) is 0 Å². The number of hydrogen-bond donors (Lipinski definition) is 1. The van der Waals surface area contributed by atoms with Crippen LogP contribution in [0.3, 0.4) is 0 Å². The van der Waals surface area contributed by atoms with Crippen LogP contribution < -0.4 is 5.73 Å². The third kappa shape index (κ3) is 4.68. The second kappa shape index (κ2) is 5.59. The molecule has 0 aromatic heterocycles. The summed E-state index contributed by atoms with van der Waals surface area (Å²) in [5, 5.41) is 0. The van der Waals surface area contributed by atoms with Crippen molar-refractivity contribution in [2.24, 2.45) is 5.73 Å². The first-order valence-corrected chi connectivity index (χ1v) is 3.72. The van der Waals surface area contributed by atoms with Crippen molar-refractivity contribution in [2.75, 3.05) is 0 Å². The van der Waals surface area contributed by atoms with Crippen LogP contribution in [0.1, 0.15) is 32.6 Å². The van der Waals surface area contributed by atoms with E-state index in [-0.39, 0.29) is 0 Å². The molecule has 0 saturated carbocycles. The number of rotatable bonds is 5. The van der Waals surface area contributed by atoms with Gasteiger partial charge in [0.15, 0.2) is 0 Å². The van der Waals surface area contributed by atoms with E-state index >= 15 is 0 Å². The molecule has 2 N–H and O–H groups in total. The molecular weight excluding hydrogens is 136 g/mol. The Balaban J connectivity index is 3.13. The summed E-state index contributed by atoms with van der Waals surface area (Å²) in [6.45, 7) is 2.04. The zero-order valence-corrected chi connectivity index (χ0v) is 6.32. The lowest BCUT2D eigenvalue weighted by Gasteiger charge is -2.08. The number of halogens is 2. The summed E-state index contributed by atoms with van der Waals surface area (Å²) < 4.78 is 23.5. The Morgan fingerprint density at radius 3 is 2.30 bits per heavy atom. The molecule has 1 atom stereocenters. The van der Waals surface area contributed by atoms with Gasteiger partial charge in [0.2, 0.25) is 0 Å². The van der Waals surface area contributed by atoms with E-state index < -0.39 is 12.5 Å². The van der Waals surface area contributed by atoms with Crippen molar-refractivity contribution in [3.63, 3.8) is 0 Å². The zero-order chi connectivity index (χ0) is 7.98. The van der Waals surface area contributed by atoms with Gasteiger partial charge in [-0.15, -0.1) is 0 Å². The van der Waals surface area contributed by atoms with Crippen molar-refractivity contribution in [3.8, 4) is 0 Å². The minimum atomic E-state index is -2.35. The van der Waals surface area contributed by atoms with E-state index in [9.17, 15) is 8.78 Å². The molecule has 0 spiro atoms. The molecule has 0 aromatic rings. The van der Waals surface area contributed by atoms with Crippen LogP contribution in [0.4, 0.5) is 8.78 Å². The molecule has 0 bridgehead atoms. The molecule has 3 heteroatoms. The van der Waals surface area contributed by atoms with E-state index in [1.54, 1.807) is 0 Å². The summed E-state index contributed by atoms with van der Waals surface area (Å²) in [7, 11) is 0. The largest absolute Gasteiger partial charge is 0.323 e. The summed E-state index contributed by atoms with van der Waals surface area (Å²) in [6.07, 6.45) is 0.973. The summed E-state index contributed by atoms with van der Waals surface area (Å²) >= 11 is 0. The molecule has 0 rings (SSSR count). The molecule has 1 unspecified atom stereocenters. The quantitative estimate of drug-likeness (QED) is 0.599. The van der Waals surface area contributed by atoms with E-state index in [4.69, 9.17) is 5.73 Å². The van der Waals surface area contributed by atoms with Crippen LogP contribution in [-0.4, -0.2) is 12.5 Å². The highest BCUT2D eigenvalue weighted by molar-refractivity contribution is 4.62. The highest BCUT2D eigenvalue weighted by atomic mass is 19.3. The van der Waals surface area contributed by atoms with Gasteiger partial charge in [0, 0.05) is 0 Å². The van der Waals surface area contributed by atoms with Crippen LogP contribution in [0.2, 0.25) is 0 Å². The van der Waals surface area contributed by atoms with E-state index in [1.807, 2.05) is 6.92 Å². The lowest BCUT2D eigenvalue weighted by molar-refractivity contribution is 0.111. The van der Waals surface area contributed by atoms with Crippen molar-refractivity contribution in [1.29, 1.82) is 0 Å². The van der Waals surface area contributed by atoms with Crippen LogP contribution in [0.5, 0.6) is 0 Å². The first-order chi connectivity index (χ1) is 4.68. The molecular formula is C7H15F2N. The standard InChI is InChI=1S/C7H15F2N/c1-2-3-4-5-6(10)7(8)9/h6-7H,2-5,10H2,1H3. The van der Waals surface area contributed by atoms with E-state index in [0.717, 1.165) is 19.3 Å². The van der Waals surface area contributed by atoms with Gasteiger partial charge in [-0.05, 0) is 6.42 Å². The monoisotopic (exact) mass is 151 g/mol. The smallest absolute Gasteiger partial charge is 0.253 e. The fourth-order valence-electron chi connectivity index (χ4n) is 0.756. The average Bonchev–Trinajstić information content (AvgIpc) is 1.88. The van der Waals surface area contributed by atoms with Gasteiger partial charge in [-0.3, -0.25) is 0 Å². The SMILES string of the molecule is CCCCCC(N)C(F)F. The molecule has 0 aliphatic rings. The minimum absolute atomic E-state index is 0.450. The number of alkyl halides is 2. The van der Waals surface area contributed by atoms with Gasteiger partial charge in [-0.25, -0.2) is 8.78 Å². The highest BCUT2D eigenvalue weighted by Crippen LogP contribution is 2.07. The highest BCUT2D eigenvalue weighted by Gasteiger charge is 2.13. The van der Waals surface area contributed by atoms with Crippen LogP contribution in [0, 0.1) is 0 Å². The number of hydrogen-bond acceptors (Lipinski definition) is 1. The van der Waals surface area contributed by atoms with Gasteiger partial charge in [0.05, 0.1) is 6.04 Å². The summed E-state index contributed by atoms with van der Waals surface area (Å²) in [4.78, 5) is 0. The van der Waals surface area contributed by atoms with Crippen LogP contribution in [0.15, 0.2) is 0 Å². The molecule has 0 amide bonds. The molecule has 0 aliphatic heterocycles. The molecule has 0 radical (unpaired) electrons. The Morgan fingerprint density at radius 1 is 1.30 bits per heavy atom. The van der Waals surface area contributed by atoms with Gasteiger partial charge < -0.3 is 5.73 Å². The molecule has 0 saturated heterocycles. The molecule has 0 fully saturated rings. The molecule has 10 heavy (non-hydrogen) atoms. The molecule has 62 valence electrons. The van der Waals surface area contributed by atoms with Gasteiger partial charge in [0.1, 0.15) is 0 Å². The van der Waals surface area contributed by atoms with Gasteiger partial charge in [-0.2, -0.15) is 0 Å². The van der Waals surface area contributed by atoms with Crippen molar-refractivity contribution in [2.45, 2.75) is 45.1 Å². The molecule has 1 nitrogen and oxygen atoms in total. The lowest BCUT2D eigenvalue weighted by Crippen LogP contribution is -2.28. The lowest BCUT2D eigenvalue weighted by atomic mass is 10.1. The fraction of sp³-hybridized carbons (Fsp3) is 1.00. The summed E-state index contributed by atoms with van der Waals surface area (Å²) in [5.41, 5.74) is 5.11. The molecule has 0 aliphatic carbocycles. The van der Waals surface area contributed by atoms with Crippen LogP contribution >= 0.6 is 0 Å². The first kappa shape index (κ1) is 9.82. The van der Waals surface area contributed by atoms with Crippen LogP contribution in [0.25, 0.3) is 0 Å². The predicted molar refractivity (Wildman–Crippen MR) is 38.1 cm³/mol. The molecule has 0 aromatic carbocycles. The fourth-order valence-corrected chi connectivity index (χ4v) is 0.756. The average molecular weight is 151 g/mol. The maximum Gasteiger partial charge on any atom is 0.253 e. The summed E-state index contributed by atoms with van der Waals surface area (Å²) in [5.74, 6) is 0. The summed E-state index contributed by atoms with van der Waals surface area (Å²) in [6, 6.07) is -0.911. The first-order valence-electron chi connectivity index (χ1n) is 3.72. The maximum atomic E-state index is 11.7. The Bertz CT molecular complexity index is 76.0. The van der Waals surface area contributed by atoms with Crippen molar-refractivity contribution < 1.29 is 8.78 Å². The van der Waals surface area contributed by atoms with E-state index in [1.165, 1.54) is 0 Å². The van der Waals surface area contributed by atoms with Gasteiger partial charge in [0.25, 0.3) is 6.43 Å². The number of unbranched alkanes of at least 4 members (excludes halogenated alkanes) is 2. The Labute approximate surface area is 60.6 Å². The minimum Gasteiger partial charge on any atom is -0.323 e. The normalized spacial score (nSPS) is 14.1. The topological polar surface area (TPSA) is 26.0 Å². The third-order valence-electron chi connectivity index (χ3n) is 1.46. The van der Waals surface area contributed by atoms with E-state index in [2.05, 4.69) is 0 Å². The predicted octanol–water partition coefficient (Wildman–Crippen LogP) is 2.16. The number of nitrogens with two attached hydrogens (primary N) is 1. The van der Waals surface area contributed by atoms with Crippen molar-refractivity contribution >= 4 is 0 Å².